The highest BCUT2D eigenvalue weighted by Gasteiger charge is 2.24. The van der Waals surface area contributed by atoms with E-state index < -0.39 is 0 Å². The van der Waals surface area contributed by atoms with Crippen molar-refractivity contribution in [2.45, 2.75) is 40.5 Å². The molecule has 0 aromatic carbocycles. The van der Waals surface area contributed by atoms with Gasteiger partial charge in [0.1, 0.15) is 5.82 Å². The summed E-state index contributed by atoms with van der Waals surface area (Å²) in [5.41, 5.74) is 7.02. The van der Waals surface area contributed by atoms with Gasteiger partial charge < -0.3 is 10.6 Å². The third kappa shape index (κ3) is 5.25. The van der Waals surface area contributed by atoms with Crippen LogP contribution in [0.4, 0.5) is 0 Å². The zero-order valence-corrected chi connectivity index (χ0v) is 14.6. The molecule has 0 unspecified atom stereocenters. The van der Waals surface area contributed by atoms with Gasteiger partial charge in [-0.3, -0.25) is 4.79 Å². The fourth-order valence-electron chi connectivity index (χ4n) is 2.08. The first-order valence-corrected chi connectivity index (χ1v) is 6.97. The van der Waals surface area contributed by atoms with Crippen LogP contribution in [0, 0.1) is 12.3 Å². The van der Waals surface area contributed by atoms with Crippen LogP contribution >= 0.6 is 12.4 Å². The highest BCUT2D eigenvalue weighted by molar-refractivity contribution is 5.95. The average molecular weight is 315 g/mol. The number of carbonyl (C=O) groups excluding carboxylic acids is 1. The van der Waals surface area contributed by atoms with E-state index in [2.05, 4.69) is 9.97 Å². The maximum atomic E-state index is 12.6. The first-order chi connectivity index (χ1) is 9.18. The molecular weight excluding hydrogens is 288 g/mol. The SMILES string of the molecule is Cc1ncc(C(=O)N(C)CC(C)(C)CN)c(C(C)C)n1.Cl. The molecule has 1 rings (SSSR count). The number of nitrogens with two attached hydrogens (primary N) is 1. The standard InChI is InChI=1S/C15H26N4O.ClH/c1-10(2)13-12(7-17-11(3)18-13)14(20)19(6)9-15(4,5)8-16;/h7,10H,8-9,16H2,1-6H3;1H. The topological polar surface area (TPSA) is 72.1 Å². The van der Waals surface area contributed by atoms with Gasteiger partial charge in [-0.1, -0.05) is 27.7 Å². The summed E-state index contributed by atoms with van der Waals surface area (Å²) in [5, 5.41) is 0. The van der Waals surface area contributed by atoms with Gasteiger partial charge in [0.05, 0.1) is 11.3 Å². The lowest BCUT2D eigenvalue weighted by atomic mass is 9.93. The van der Waals surface area contributed by atoms with E-state index in [1.165, 1.54) is 0 Å². The largest absolute Gasteiger partial charge is 0.341 e. The Hall–Kier alpha value is -1.20. The summed E-state index contributed by atoms with van der Waals surface area (Å²) < 4.78 is 0. The molecule has 6 heteroatoms. The Balaban J connectivity index is 0.00000400. The number of hydrogen-bond donors (Lipinski definition) is 1. The first-order valence-electron chi connectivity index (χ1n) is 6.97. The maximum Gasteiger partial charge on any atom is 0.257 e. The summed E-state index contributed by atoms with van der Waals surface area (Å²) in [6.07, 6.45) is 1.63. The number of rotatable bonds is 5. The fourth-order valence-corrected chi connectivity index (χ4v) is 2.08. The van der Waals surface area contributed by atoms with Gasteiger partial charge in [0.25, 0.3) is 5.91 Å². The third-order valence-corrected chi connectivity index (χ3v) is 3.28. The van der Waals surface area contributed by atoms with Gasteiger partial charge in [-0.2, -0.15) is 0 Å². The summed E-state index contributed by atoms with van der Waals surface area (Å²) in [6.45, 7) is 11.1. The van der Waals surface area contributed by atoms with Gasteiger partial charge in [-0.15, -0.1) is 12.4 Å². The molecule has 1 aromatic rings. The fraction of sp³-hybridized carbons (Fsp3) is 0.667. The molecule has 1 aromatic heterocycles. The van der Waals surface area contributed by atoms with Crippen molar-refractivity contribution < 1.29 is 4.79 Å². The van der Waals surface area contributed by atoms with E-state index >= 15 is 0 Å². The van der Waals surface area contributed by atoms with Crippen LogP contribution in [0.25, 0.3) is 0 Å². The molecule has 21 heavy (non-hydrogen) atoms. The Morgan fingerprint density at radius 3 is 2.48 bits per heavy atom. The minimum atomic E-state index is -0.103. The molecular formula is C15H27ClN4O. The summed E-state index contributed by atoms with van der Waals surface area (Å²) in [7, 11) is 1.80. The predicted molar refractivity (Wildman–Crippen MR) is 87.9 cm³/mol. The number of amides is 1. The van der Waals surface area contributed by atoms with Gasteiger partial charge in [-0.25, -0.2) is 9.97 Å². The number of hydrogen-bond acceptors (Lipinski definition) is 4. The normalized spacial score (nSPS) is 11.2. The van der Waals surface area contributed by atoms with E-state index in [0.717, 1.165) is 5.69 Å². The predicted octanol–water partition coefficient (Wildman–Crippen LogP) is 2.39. The van der Waals surface area contributed by atoms with Crippen LogP contribution in [0.1, 0.15) is 55.5 Å². The highest BCUT2D eigenvalue weighted by atomic mass is 35.5. The summed E-state index contributed by atoms with van der Waals surface area (Å²) in [6, 6.07) is 0. The molecule has 0 aliphatic heterocycles. The van der Waals surface area contributed by atoms with Crippen molar-refractivity contribution in [1.29, 1.82) is 0 Å². The second-order valence-corrected chi connectivity index (χ2v) is 6.40. The minimum absolute atomic E-state index is 0. The van der Waals surface area contributed by atoms with E-state index in [0.29, 0.717) is 24.5 Å². The molecule has 120 valence electrons. The van der Waals surface area contributed by atoms with Gasteiger partial charge >= 0.3 is 0 Å². The molecule has 0 bridgehead atoms. The summed E-state index contributed by atoms with van der Waals surface area (Å²) in [4.78, 5) is 22.8. The van der Waals surface area contributed by atoms with E-state index in [9.17, 15) is 4.79 Å². The van der Waals surface area contributed by atoms with Crippen LogP contribution in [-0.4, -0.2) is 40.9 Å². The van der Waals surface area contributed by atoms with Crippen molar-refractivity contribution >= 4 is 18.3 Å². The molecule has 0 fully saturated rings. The molecule has 0 atom stereocenters. The zero-order chi connectivity index (χ0) is 15.5. The minimum Gasteiger partial charge on any atom is -0.341 e. The second kappa shape index (κ2) is 7.71. The number of halogens is 1. The van der Waals surface area contributed by atoms with E-state index in [1.54, 1.807) is 18.1 Å². The molecule has 0 radical (unpaired) electrons. The third-order valence-electron chi connectivity index (χ3n) is 3.28. The second-order valence-electron chi connectivity index (χ2n) is 6.40. The number of aromatic nitrogens is 2. The molecule has 0 aliphatic rings. The van der Waals surface area contributed by atoms with Gasteiger partial charge in [0.15, 0.2) is 0 Å². The van der Waals surface area contributed by atoms with Gasteiger partial charge in [0.2, 0.25) is 0 Å². The molecule has 2 N–H and O–H groups in total. The van der Waals surface area contributed by atoms with E-state index in [-0.39, 0.29) is 29.6 Å². The van der Waals surface area contributed by atoms with Crippen molar-refractivity contribution in [3.8, 4) is 0 Å². The number of carbonyl (C=O) groups is 1. The lowest BCUT2D eigenvalue weighted by Gasteiger charge is -2.29. The lowest BCUT2D eigenvalue weighted by Crippen LogP contribution is -2.40. The molecule has 5 nitrogen and oxygen atoms in total. The van der Waals surface area contributed by atoms with Crippen LogP contribution < -0.4 is 5.73 Å². The van der Waals surface area contributed by atoms with Crippen LogP contribution in [0.5, 0.6) is 0 Å². The Bertz CT molecular complexity index is 489. The van der Waals surface area contributed by atoms with Crippen molar-refractivity contribution in [3.63, 3.8) is 0 Å². The monoisotopic (exact) mass is 314 g/mol. The van der Waals surface area contributed by atoms with Gasteiger partial charge in [0, 0.05) is 19.8 Å². The Morgan fingerprint density at radius 2 is 2.00 bits per heavy atom. The quantitative estimate of drug-likeness (QED) is 0.905. The van der Waals surface area contributed by atoms with Crippen molar-refractivity contribution in [2.75, 3.05) is 20.1 Å². The molecule has 0 saturated carbocycles. The average Bonchev–Trinajstić information content (AvgIpc) is 2.37. The van der Waals surface area contributed by atoms with Crippen molar-refractivity contribution in [1.82, 2.24) is 14.9 Å². The number of aryl methyl sites for hydroxylation is 1. The lowest BCUT2D eigenvalue weighted by molar-refractivity contribution is 0.0738. The summed E-state index contributed by atoms with van der Waals surface area (Å²) in [5.74, 6) is 0.831. The van der Waals surface area contributed by atoms with Crippen LogP contribution in [0.3, 0.4) is 0 Å². The first kappa shape index (κ1) is 19.8. The van der Waals surface area contributed by atoms with Crippen molar-refractivity contribution in [2.24, 2.45) is 11.1 Å². The number of nitrogens with zero attached hydrogens (tertiary/aromatic N) is 3. The Kier molecular flexibility index (Phi) is 7.27. The van der Waals surface area contributed by atoms with E-state index in [1.807, 2.05) is 34.6 Å². The molecule has 0 saturated heterocycles. The molecule has 1 amide bonds. The highest BCUT2D eigenvalue weighted by Crippen LogP contribution is 2.20. The Labute approximate surface area is 133 Å². The maximum absolute atomic E-state index is 12.6. The Morgan fingerprint density at radius 1 is 1.43 bits per heavy atom. The van der Waals surface area contributed by atoms with Gasteiger partial charge in [-0.05, 0) is 24.8 Å². The van der Waals surface area contributed by atoms with Crippen molar-refractivity contribution in [3.05, 3.63) is 23.3 Å². The van der Waals surface area contributed by atoms with Crippen LogP contribution in [0.2, 0.25) is 0 Å². The zero-order valence-electron chi connectivity index (χ0n) is 13.8. The molecule has 0 spiro atoms. The smallest absolute Gasteiger partial charge is 0.257 e. The molecule has 0 aliphatic carbocycles. The molecule has 1 heterocycles. The van der Waals surface area contributed by atoms with Crippen LogP contribution in [0.15, 0.2) is 6.20 Å². The van der Waals surface area contributed by atoms with E-state index in [4.69, 9.17) is 5.73 Å². The summed E-state index contributed by atoms with van der Waals surface area (Å²) >= 11 is 0. The van der Waals surface area contributed by atoms with Crippen LogP contribution in [-0.2, 0) is 0 Å².